The normalized spacial score (nSPS) is 19.4. The van der Waals surface area contributed by atoms with E-state index < -0.39 is 12.0 Å². The van der Waals surface area contributed by atoms with Crippen LogP contribution in [0.4, 0.5) is 24.8 Å². The number of halogens is 3. The number of aromatic nitrogens is 2. The molecule has 1 atom stereocenters. The SMILES string of the molecule is CCNc1cc(N2CCCC2C(C)C)nc(C(F)(F)F)n1. The van der Waals surface area contributed by atoms with Gasteiger partial charge >= 0.3 is 6.18 Å². The Morgan fingerprint density at radius 1 is 1.38 bits per heavy atom. The lowest BCUT2D eigenvalue weighted by Gasteiger charge is -2.29. The number of anilines is 2. The molecule has 0 bridgehead atoms. The van der Waals surface area contributed by atoms with Gasteiger partial charge in [0.05, 0.1) is 0 Å². The van der Waals surface area contributed by atoms with Crippen LogP contribution in [-0.2, 0) is 6.18 Å². The Balaban J connectivity index is 2.40. The second-order valence-corrected chi connectivity index (χ2v) is 5.61. The van der Waals surface area contributed by atoms with Crippen LogP contribution in [0.2, 0.25) is 0 Å². The van der Waals surface area contributed by atoms with E-state index in [4.69, 9.17) is 0 Å². The summed E-state index contributed by atoms with van der Waals surface area (Å²) in [6.07, 6.45) is -2.57. The summed E-state index contributed by atoms with van der Waals surface area (Å²) in [5.41, 5.74) is 0. The highest BCUT2D eigenvalue weighted by Crippen LogP contribution is 2.33. The molecule has 0 saturated carbocycles. The number of alkyl halides is 3. The third-order valence-electron chi connectivity index (χ3n) is 3.69. The van der Waals surface area contributed by atoms with E-state index in [2.05, 4.69) is 29.1 Å². The summed E-state index contributed by atoms with van der Waals surface area (Å²) in [6, 6.07) is 1.84. The molecule has 1 aromatic rings. The maximum atomic E-state index is 13.0. The third-order valence-corrected chi connectivity index (χ3v) is 3.69. The van der Waals surface area contributed by atoms with Crippen LogP contribution in [-0.4, -0.2) is 29.1 Å². The van der Waals surface area contributed by atoms with Crippen LogP contribution in [0.3, 0.4) is 0 Å². The monoisotopic (exact) mass is 302 g/mol. The van der Waals surface area contributed by atoms with E-state index in [9.17, 15) is 13.2 Å². The van der Waals surface area contributed by atoms with Gasteiger partial charge in [-0.2, -0.15) is 13.2 Å². The van der Waals surface area contributed by atoms with Crippen molar-refractivity contribution in [1.29, 1.82) is 0 Å². The van der Waals surface area contributed by atoms with Crippen LogP contribution < -0.4 is 10.2 Å². The van der Waals surface area contributed by atoms with Crippen molar-refractivity contribution >= 4 is 11.6 Å². The van der Waals surface area contributed by atoms with Gasteiger partial charge in [0.15, 0.2) is 0 Å². The molecule has 1 aliphatic rings. The molecule has 0 radical (unpaired) electrons. The molecule has 1 fully saturated rings. The van der Waals surface area contributed by atoms with E-state index in [-0.39, 0.29) is 11.9 Å². The number of hydrogen-bond donors (Lipinski definition) is 1. The molecule has 0 spiro atoms. The van der Waals surface area contributed by atoms with Crippen LogP contribution >= 0.6 is 0 Å². The molecule has 1 saturated heterocycles. The summed E-state index contributed by atoms with van der Waals surface area (Å²) < 4.78 is 38.9. The van der Waals surface area contributed by atoms with Crippen LogP contribution in [0.1, 0.15) is 39.4 Å². The predicted molar refractivity (Wildman–Crippen MR) is 76.4 cm³/mol. The van der Waals surface area contributed by atoms with Crippen molar-refractivity contribution in [2.45, 2.75) is 45.8 Å². The first kappa shape index (κ1) is 15.9. The average molecular weight is 302 g/mol. The Kier molecular flexibility index (Phi) is 4.58. The van der Waals surface area contributed by atoms with Crippen molar-refractivity contribution < 1.29 is 13.2 Å². The van der Waals surface area contributed by atoms with Gasteiger partial charge in [-0.3, -0.25) is 0 Å². The first-order chi connectivity index (χ1) is 9.82. The molecule has 118 valence electrons. The second kappa shape index (κ2) is 6.07. The maximum absolute atomic E-state index is 13.0. The van der Waals surface area contributed by atoms with Gasteiger partial charge in [-0.15, -0.1) is 0 Å². The van der Waals surface area contributed by atoms with Crippen molar-refractivity contribution in [2.24, 2.45) is 5.92 Å². The highest BCUT2D eigenvalue weighted by molar-refractivity contribution is 5.51. The molecule has 0 aliphatic carbocycles. The Morgan fingerprint density at radius 3 is 2.67 bits per heavy atom. The second-order valence-electron chi connectivity index (χ2n) is 5.61. The molecule has 0 amide bonds. The lowest BCUT2D eigenvalue weighted by Crippen LogP contribution is -2.34. The summed E-state index contributed by atoms with van der Waals surface area (Å²) in [6.45, 7) is 7.24. The number of rotatable bonds is 4. The molecular weight excluding hydrogens is 281 g/mol. The molecule has 21 heavy (non-hydrogen) atoms. The molecule has 2 rings (SSSR count). The van der Waals surface area contributed by atoms with Crippen molar-refractivity contribution in [2.75, 3.05) is 23.3 Å². The summed E-state index contributed by atoms with van der Waals surface area (Å²) >= 11 is 0. The fraction of sp³-hybridized carbons (Fsp3) is 0.714. The van der Waals surface area contributed by atoms with Crippen LogP contribution in [0.15, 0.2) is 6.07 Å². The smallest absolute Gasteiger partial charge is 0.370 e. The molecule has 7 heteroatoms. The fourth-order valence-corrected chi connectivity index (χ4v) is 2.75. The largest absolute Gasteiger partial charge is 0.451 e. The molecule has 1 aliphatic heterocycles. The zero-order valence-corrected chi connectivity index (χ0v) is 12.5. The van der Waals surface area contributed by atoms with Crippen LogP contribution in [0.25, 0.3) is 0 Å². The zero-order chi connectivity index (χ0) is 15.6. The minimum absolute atomic E-state index is 0.226. The Morgan fingerprint density at radius 2 is 2.10 bits per heavy atom. The topological polar surface area (TPSA) is 41.0 Å². The third kappa shape index (κ3) is 3.57. The average Bonchev–Trinajstić information content (AvgIpc) is 2.87. The van der Waals surface area contributed by atoms with Gasteiger partial charge in [-0.05, 0) is 25.7 Å². The Labute approximate surface area is 122 Å². The van der Waals surface area contributed by atoms with Crippen molar-refractivity contribution in [3.8, 4) is 0 Å². The van der Waals surface area contributed by atoms with Gasteiger partial charge in [-0.25, -0.2) is 9.97 Å². The van der Waals surface area contributed by atoms with Crippen molar-refractivity contribution in [3.05, 3.63) is 11.9 Å². The van der Waals surface area contributed by atoms with E-state index >= 15 is 0 Å². The Hall–Kier alpha value is -1.53. The van der Waals surface area contributed by atoms with E-state index in [1.165, 1.54) is 0 Å². The molecular formula is C14H21F3N4. The van der Waals surface area contributed by atoms with Crippen molar-refractivity contribution in [3.63, 3.8) is 0 Å². The fourth-order valence-electron chi connectivity index (χ4n) is 2.75. The highest BCUT2D eigenvalue weighted by Gasteiger charge is 2.37. The van der Waals surface area contributed by atoms with E-state index in [1.807, 2.05) is 11.8 Å². The van der Waals surface area contributed by atoms with Gasteiger partial charge in [0.2, 0.25) is 5.82 Å². The Bertz CT molecular complexity index is 488. The molecule has 1 aromatic heterocycles. The first-order valence-corrected chi connectivity index (χ1v) is 7.29. The van der Waals surface area contributed by atoms with E-state index in [1.54, 1.807) is 6.07 Å². The predicted octanol–water partition coefficient (Wildman–Crippen LogP) is 3.55. The van der Waals surface area contributed by atoms with Crippen LogP contribution in [0.5, 0.6) is 0 Å². The number of hydrogen-bond acceptors (Lipinski definition) is 4. The van der Waals surface area contributed by atoms with Gasteiger partial charge in [-0.1, -0.05) is 13.8 Å². The zero-order valence-electron chi connectivity index (χ0n) is 12.5. The first-order valence-electron chi connectivity index (χ1n) is 7.29. The maximum Gasteiger partial charge on any atom is 0.451 e. The number of nitrogens with one attached hydrogen (secondary N) is 1. The lowest BCUT2D eigenvalue weighted by atomic mass is 10.0. The summed E-state index contributed by atoms with van der Waals surface area (Å²) in [7, 11) is 0. The summed E-state index contributed by atoms with van der Waals surface area (Å²) in [5, 5.41) is 2.85. The van der Waals surface area contributed by atoms with Crippen LogP contribution in [0, 0.1) is 5.92 Å². The summed E-state index contributed by atoms with van der Waals surface area (Å²) in [4.78, 5) is 9.29. The quantitative estimate of drug-likeness (QED) is 0.923. The molecule has 1 unspecified atom stereocenters. The molecule has 2 heterocycles. The minimum Gasteiger partial charge on any atom is -0.370 e. The van der Waals surface area contributed by atoms with E-state index in [0.717, 1.165) is 19.4 Å². The standard InChI is InChI=1S/C14H21F3N4/c1-4-18-11-8-12(20-13(19-11)14(15,16)17)21-7-5-6-10(21)9(2)3/h8-10H,4-7H2,1-3H3,(H,18,19,20). The number of nitrogens with zero attached hydrogens (tertiary/aromatic N) is 3. The molecule has 4 nitrogen and oxygen atoms in total. The van der Waals surface area contributed by atoms with Gasteiger partial charge < -0.3 is 10.2 Å². The minimum atomic E-state index is -4.53. The van der Waals surface area contributed by atoms with Gasteiger partial charge in [0.25, 0.3) is 0 Å². The highest BCUT2D eigenvalue weighted by atomic mass is 19.4. The lowest BCUT2D eigenvalue weighted by molar-refractivity contribution is -0.144. The van der Waals surface area contributed by atoms with Crippen molar-refractivity contribution in [1.82, 2.24) is 9.97 Å². The molecule has 1 N–H and O–H groups in total. The summed E-state index contributed by atoms with van der Waals surface area (Å²) in [5.74, 6) is -0.113. The van der Waals surface area contributed by atoms with Gasteiger partial charge in [0.1, 0.15) is 11.6 Å². The van der Waals surface area contributed by atoms with E-state index in [0.29, 0.717) is 18.3 Å². The van der Waals surface area contributed by atoms with Gasteiger partial charge in [0, 0.05) is 25.2 Å². The molecule has 0 aromatic carbocycles.